The van der Waals surface area contributed by atoms with Gasteiger partial charge >= 0.3 is 0 Å². The van der Waals surface area contributed by atoms with Gasteiger partial charge in [0.05, 0.1) is 5.69 Å². The van der Waals surface area contributed by atoms with Crippen molar-refractivity contribution in [2.75, 3.05) is 37.6 Å². The van der Waals surface area contributed by atoms with E-state index in [0.29, 0.717) is 13.0 Å². The third-order valence-corrected chi connectivity index (χ3v) is 5.63. The van der Waals surface area contributed by atoms with Crippen LogP contribution in [0.25, 0.3) is 0 Å². The lowest BCUT2D eigenvalue weighted by molar-refractivity contribution is -0.124. The standard InChI is InChI=1S/C19H29N3O2S/c1-5-21(6-2)12-11-20-17(23)14-22-15-9-7-8-10-16(15)25-19(3,4)13-18(22)24/h7-10H,5-6,11-14H2,1-4H3,(H,20,23). The number of nitrogens with zero attached hydrogens (tertiary/aromatic N) is 2. The van der Waals surface area contributed by atoms with Crippen molar-refractivity contribution in [3.63, 3.8) is 0 Å². The smallest absolute Gasteiger partial charge is 0.240 e. The van der Waals surface area contributed by atoms with Gasteiger partial charge in [0.15, 0.2) is 0 Å². The minimum atomic E-state index is -0.179. The molecular weight excluding hydrogens is 334 g/mol. The highest BCUT2D eigenvalue weighted by Crippen LogP contribution is 2.43. The van der Waals surface area contributed by atoms with Gasteiger partial charge < -0.3 is 15.1 Å². The predicted octanol–water partition coefficient (Wildman–Crippen LogP) is 2.75. The lowest BCUT2D eigenvalue weighted by Crippen LogP contribution is -2.43. The predicted molar refractivity (Wildman–Crippen MR) is 104 cm³/mol. The highest BCUT2D eigenvalue weighted by Gasteiger charge is 2.33. The van der Waals surface area contributed by atoms with Gasteiger partial charge in [-0.3, -0.25) is 9.59 Å². The Morgan fingerprint density at radius 1 is 1.28 bits per heavy atom. The third kappa shape index (κ3) is 5.47. The Hall–Kier alpha value is -1.53. The second-order valence-corrected chi connectivity index (χ2v) is 8.61. The summed E-state index contributed by atoms with van der Waals surface area (Å²) in [4.78, 5) is 30.0. The highest BCUT2D eigenvalue weighted by atomic mass is 32.2. The van der Waals surface area contributed by atoms with Crippen molar-refractivity contribution >= 4 is 29.3 Å². The summed E-state index contributed by atoms with van der Waals surface area (Å²) in [7, 11) is 0. The van der Waals surface area contributed by atoms with Crippen LogP contribution in [0.5, 0.6) is 0 Å². The van der Waals surface area contributed by atoms with E-state index in [1.54, 1.807) is 16.7 Å². The van der Waals surface area contributed by atoms with Crippen LogP contribution in [0.4, 0.5) is 5.69 Å². The molecule has 0 saturated heterocycles. The van der Waals surface area contributed by atoms with E-state index < -0.39 is 0 Å². The number of fused-ring (bicyclic) bond motifs is 1. The maximum Gasteiger partial charge on any atom is 0.240 e. The van der Waals surface area contributed by atoms with E-state index in [-0.39, 0.29) is 23.1 Å². The number of rotatable bonds is 7. The molecule has 1 heterocycles. The number of likely N-dealkylation sites (N-methyl/N-ethyl adjacent to an activating group) is 1. The molecule has 0 spiro atoms. The average Bonchev–Trinajstić information content (AvgIpc) is 2.65. The monoisotopic (exact) mass is 363 g/mol. The molecular formula is C19H29N3O2S. The van der Waals surface area contributed by atoms with Crippen LogP contribution < -0.4 is 10.2 Å². The third-order valence-electron chi connectivity index (χ3n) is 4.37. The SMILES string of the molecule is CCN(CC)CCNC(=O)CN1C(=O)CC(C)(C)Sc2ccccc21. The first-order valence-electron chi connectivity index (χ1n) is 8.93. The molecule has 1 aromatic carbocycles. The Balaban J connectivity index is 2.05. The maximum atomic E-state index is 12.7. The Morgan fingerprint density at radius 2 is 1.96 bits per heavy atom. The molecule has 1 aromatic rings. The molecule has 25 heavy (non-hydrogen) atoms. The summed E-state index contributed by atoms with van der Waals surface area (Å²) < 4.78 is -0.179. The molecule has 1 aliphatic rings. The van der Waals surface area contributed by atoms with E-state index in [9.17, 15) is 9.59 Å². The van der Waals surface area contributed by atoms with Crippen molar-refractivity contribution in [3.05, 3.63) is 24.3 Å². The maximum absolute atomic E-state index is 12.7. The van der Waals surface area contributed by atoms with Crippen LogP contribution in [0.15, 0.2) is 29.2 Å². The zero-order valence-corrected chi connectivity index (χ0v) is 16.5. The van der Waals surface area contributed by atoms with E-state index >= 15 is 0 Å². The minimum Gasteiger partial charge on any atom is -0.353 e. The van der Waals surface area contributed by atoms with Gasteiger partial charge in [0.1, 0.15) is 6.54 Å². The Kier molecular flexibility index (Phi) is 6.90. The fraction of sp³-hybridized carbons (Fsp3) is 0.579. The summed E-state index contributed by atoms with van der Waals surface area (Å²) in [6.45, 7) is 11.8. The number of benzene rings is 1. The summed E-state index contributed by atoms with van der Waals surface area (Å²) in [6.07, 6.45) is 0.416. The Labute approximate surface area is 155 Å². The van der Waals surface area contributed by atoms with Crippen molar-refractivity contribution in [1.82, 2.24) is 10.2 Å². The van der Waals surface area contributed by atoms with Gasteiger partial charge in [0.2, 0.25) is 11.8 Å². The summed E-state index contributed by atoms with van der Waals surface area (Å²) in [5.74, 6) is -0.110. The van der Waals surface area contributed by atoms with Crippen LogP contribution in [0.3, 0.4) is 0 Å². The van der Waals surface area contributed by atoms with Crippen LogP contribution in [0.2, 0.25) is 0 Å². The topological polar surface area (TPSA) is 52.7 Å². The van der Waals surface area contributed by atoms with Gasteiger partial charge in [-0.1, -0.05) is 26.0 Å². The molecule has 5 nitrogen and oxygen atoms in total. The second-order valence-electron chi connectivity index (χ2n) is 6.86. The first kappa shape index (κ1) is 19.8. The van der Waals surface area contributed by atoms with Gasteiger partial charge in [-0.05, 0) is 39.1 Å². The van der Waals surface area contributed by atoms with Crippen molar-refractivity contribution in [3.8, 4) is 0 Å². The summed E-state index contributed by atoms with van der Waals surface area (Å²) in [5.41, 5.74) is 0.835. The molecule has 1 aliphatic heterocycles. The van der Waals surface area contributed by atoms with E-state index in [2.05, 4.69) is 37.9 Å². The number of amides is 2. The van der Waals surface area contributed by atoms with Crippen LogP contribution in [0, 0.1) is 0 Å². The number of hydrogen-bond acceptors (Lipinski definition) is 4. The molecule has 0 radical (unpaired) electrons. The lowest BCUT2D eigenvalue weighted by Gasteiger charge is -2.23. The molecule has 0 aromatic heterocycles. The molecule has 0 atom stereocenters. The number of nitrogens with one attached hydrogen (secondary N) is 1. The van der Waals surface area contributed by atoms with Crippen LogP contribution >= 0.6 is 11.8 Å². The Bertz CT molecular complexity index is 614. The number of anilines is 1. The number of carbonyl (C=O) groups is 2. The molecule has 0 unspecified atom stereocenters. The number of para-hydroxylation sites is 1. The van der Waals surface area contributed by atoms with Crippen molar-refractivity contribution in [1.29, 1.82) is 0 Å². The molecule has 0 saturated carbocycles. The molecule has 2 rings (SSSR count). The van der Waals surface area contributed by atoms with Crippen LogP contribution in [-0.2, 0) is 9.59 Å². The molecule has 0 bridgehead atoms. The number of hydrogen-bond donors (Lipinski definition) is 1. The summed E-state index contributed by atoms with van der Waals surface area (Å²) >= 11 is 1.70. The van der Waals surface area contributed by atoms with Crippen molar-refractivity contribution in [2.45, 2.75) is 43.8 Å². The fourth-order valence-corrected chi connectivity index (χ4v) is 4.18. The normalized spacial score (nSPS) is 16.5. The van der Waals surface area contributed by atoms with E-state index in [0.717, 1.165) is 30.2 Å². The van der Waals surface area contributed by atoms with Crippen LogP contribution in [-0.4, -0.2) is 54.2 Å². The lowest BCUT2D eigenvalue weighted by atomic mass is 10.1. The summed E-state index contributed by atoms with van der Waals surface area (Å²) in [5, 5.41) is 2.94. The highest BCUT2D eigenvalue weighted by molar-refractivity contribution is 8.00. The van der Waals surface area contributed by atoms with E-state index in [4.69, 9.17) is 0 Å². The minimum absolute atomic E-state index is 0.00124. The number of carbonyl (C=O) groups excluding carboxylic acids is 2. The molecule has 6 heteroatoms. The molecule has 0 fully saturated rings. The van der Waals surface area contributed by atoms with E-state index in [1.165, 1.54) is 0 Å². The first-order valence-corrected chi connectivity index (χ1v) is 9.75. The largest absolute Gasteiger partial charge is 0.353 e. The molecule has 0 aliphatic carbocycles. The summed E-state index contributed by atoms with van der Waals surface area (Å²) in [6, 6.07) is 7.83. The second kappa shape index (κ2) is 8.72. The zero-order chi connectivity index (χ0) is 18.4. The van der Waals surface area contributed by atoms with Gasteiger partial charge in [0.25, 0.3) is 0 Å². The Morgan fingerprint density at radius 3 is 2.64 bits per heavy atom. The first-order chi connectivity index (χ1) is 11.9. The van der Waals surface area contributed by atoms with Crippen molar-refractivity contribution in [2.24, 2.45) is 0 Å². The quantitative estimate of drug-likeness (QED) is 0.809. The molecule has 1 N–H and O–H groups in total. The van der Waals surface area contributed by atoms with Gasteiger partial charge in [-0.2, -0.15) is 0 Å². The molecule has 2 amide bonds. The van der Waals surface area contributed by atoms with Crippen LogP contribution in [0.1, 0.15) is 34.1 Å². The fourth-order valence-electron chi connectivity index (χ4n) is 2.96. The van der Waals surface area contributed by atoms with Gasteiger partial charge in [-0.15, -0.1) is 11.8 Å². The average molecular weight is 364 g/mol. The van der Waals surface area contributed by atoms with Gasteiger partial charge in [0, 0.05) is 29.2 Å². The van der Waals surface area contributed by atoms with Crippen molar-refractivity contribution < 1.29 is 9.59 Å². The number of thioether (sulfide) groups is 1. The molecule has 138 valence electrons. The van der Waals surface area contributed by atoms with Gasteiger partial charge in [-0.25, -0.2) is 0 Å². The zero-order valence-electron chi connectivity index (χ0n) is 15.7. The van der Waals surface area contributed by atoms with E-state index in [1.807, 2.05) is 24.3 Å².